The Morgan fingerprint density at radius 1 is 1.14 bits per heavy atom. The summed E-state index contributed by atoms with van der Waals surface area (Å²) in [6, 6.07) is 10.4. The molecule has 21 heavy (non-hydrogen) atoms. The standard InChI is InChI=1S/C17H19N3S/c1-2-3-9-19-10-12-20(13-11-19)17-18-14-16(21-17)15-7-5-4-6-8-15/h1,4-8,14H,3,9-13H2. The zero-order chi connectivity index (χ0) is 14.5. The van der Waals surface area contributed by atoms with E-state index in [1.54, 1.807) is 11.3 Å². The molecule has 0 spiro atoms. The molecule has 1 aliphatic rings. The Hall–Kier alpha value is -1.83. The number of thiazole rings is 1. The highest BCUT2D eigenvalue weighted by atomic mass is 32.1. The van der Waals surface area contributed by atoms with Gasteiger partial charge in [-0.25, -0.2) is 4.98 Å². The average Bonchev–Trinajstić information content (AvgIpc) is 3.04. The molecule has 2 heterocycles. The summed E-state index contributed by atoms with van der Waals surface area (Å²) in [4.78, 5) is 10.6. The van der Waals surface area contributed by atoms with Gasteiger partial charge < -0.3 is 4.90 Å². The monoisotopic (exact) mass is 297 g/mol. The maximum Gasteiger partial charge on any atom is 0.185 e. The molecule has 3 nitrogen and oxygen atoms in total. The molecule has 0 aliphatic carbocycles. The lowest BCUT2D eigenvalue weighted by atomic mass is 10.2. The van der Waals surface area contributed by atoms with Gasteiger partial charge in [0.1, 0.15) is 0 Å². The number of aromatic nitrogens is 1. The van der Waals surface area contributed by atoms with Crippen molar-refractivity contribution in [2.24, 2.45) is 0 Å². The molecule has 0 N–H and O–H groups in total. The van der Waals surface area contributed by atoms with Crippen molar-refractivity contribution in [1.29, 1.82) is 0 Å². The van der Waals surface area contributed by atoms with Crippen molar-refractivity contribution in [3.63, 3.8) is 0 Å². The van der Waals surface area contributed by atoms with E-state index in [-0.39, 0.29) is 0 Å². The van der Waals surface area contributed by atoms with Crippen LogP contribution in [-0.2, 0) is 0 Å². The Morgan fingerprint density at radius 2 is 1.90 bits per heavy atom. The highest BCUT2D eigenvalue weighted by Gasteiger charge is 2.19. The van der Waals surface area contributed by atoms with E-state index in [1.165, 1.54) is 10.4 Å². The van der Waals surface area contributed by atoms with Crippen molar-refractivity contribution in [3.05, 3.63) is 36.5 Å². The summed E-state index contributed by atoms with van der Waals surface area (Å²) in [6.07, 6.45) is 8.16. The van der Waals surface area contributed by atoms with E-state index < -0.39 is 0 Å². The molecule has 1 aromatic heterocycles. The molecular weight excluding hydrogens is 278 g/mol. The van der Waals surface area contributed by atoms with Crippen LogP contribution in [0.5, 0.6) is 0 Å². The molecule has 0 radical (unpaired) electrons. The van der Waals surface area contributed by atoms with Crippen LogP contribution >= 0.6 is 11.3 Å². The van der Waals surface area contributed by atoms with Crippen LogP contribution in [0.4, 0.5) is 5.13 Å². The third-order valence-electron chi connectivity index (χ3n) is 3.77. The maximum atomic E-state index is 5.33. The highest BCUT2D eigenvalue weighted by molar-refractivity contribution is 7.18. The van der Waals surface area contributed by atoms with E-state index in [0.29, 0.717) is 0 Å². The van der Waals surface area contributed by atoms with Gasteiger partial charge in [0.2, 0.25) is 0 Å². The molecule has 2 aromatic rings. The number of benzene rings is 1. The van der Waals surface area contributed by atoms with Crippen molar-refractivity contribution in [3.8, 4) is 22.8 Å². The lowest BCUT2D eigenvalue weighted by molar-refractivity contribution is 0.264. The van der Waals surface area contributed by atoms with Crippen molar-refractivity contribution in [2.75, 3.05) is 37.6 Å². The minimum absolute atomic E-state index is 0.843. The van der Waals surface area contributed by atoms with Crippen molar-refractivity contribution in [1.82, 2.24) is 9.88 Å². The summed E-state index contributed by atoms with van der Waals surface area (Å²) in [5, 5.41) is 1.13. The fourth-order valence-electron chi connectivity index (χ4n) is 2.53. The largest absolute Gasteiger partial charge is 0.346 e. The zero-order valence-electron chi connectivity index (χ0n) is 12.0. The lowest BCUT2D eigenvalue weighted by Gasteiger charge is -2.34. The minimum Gasteiger partial charge on any atom is -0.346 e. The third kappa shape index (κ3) is 3.44. The summed E-state index contributed by atoms with van der Waals surface area (Å²) in [5.41, 5.74) is 1.24. The Balaban J connectivity index is 1.62. The van der Waals surface area contributed by atoms with E-state index in [1.807, 2.05) is 12.3 Å². The molecule has 0 unspecified atom stereocenters. The number of hydrogen-bond donors (Lipinski definition) is 0. The van der Waals surface area contributed by atoms with Gasteiger partial charge in [-0.3, -0.25) is 4.90 Å². The van der Waals surface area contributed by atoms with Crippen LogP contribution < -0.4 is 4.90 Å². The molecule has 0 amide bonds. The van der Waals surface area contributed by atoms with Gasteiger partial charge in [0.05, 0.1) is 4.88 Å². The number of rotatable bonds is 4. The summed E-state index contributed by atoms with van der Waals surface area (Å²) in [7, 11) is 0. The number of anilines is 1. The van der Waals surface area contributed by atoms with Gasteiger partial charge in [-0.2, -0.15) is 0 Å². The minimum atomic E-state index is 0.843. The summed E-state index contributed by atoms with van der Waals surface area (Å²) in [6.45, 7) is 5.22. The normalized spacial score (nSPS) is 15.9. The third-order valence-corrected chi connectivity index (χ3v) is 4.87. The molecule has 0 atom stereocenters. The van der Waals surface area contributed by atoms with E-state index >= 15 is 0 Å². The molecule has 3 rings (SSSR count). The van der Waals surface area contributed by atoms with Crippen LogP contribution in [0, 0.1) is 12.3 Å². The molecule has 1 aromatic carbocycles. The van der Waals surface area contributed by atoms with E-state index in [4.69, 9.17) is 6.42 Å². The molecule has 108 valence electrons. The first-order valence-corrected chi connectivity index (χ1v) is 8.10. The molecule has 1 fully saturated rings. The van der Waals surface area contributed by atoms with Gasteiger partial charge in [0, 0.05) is 45.3 Å². The number of terminal acetylenes is 1. The van der Waals surface area contributed by atoms with Crippen LogP contribution in [0.15, 0.2) is 36.5 Å². The van der Waals surface area contributed by atoms with Crippen LogP contribution in [0.25, 0.3) is 10.4 Å². The first kappa shape index (κ1) is 14.1. The van der Waals surface area contributed by atoms with Crippen LogP contribution in [0.3, 0.4) is 0 Å². The first-order chi connectivity index (χ1) is 10.4. The van der Waals surface area contributed by atoms with Crippen LogP contribution in [-0.4, -0.2) is 42.6 Å². The Bertz CT molecular complexity index is 606. The number of nitrogens with zero attached hydrogens (tertiary/aromatic N) is 3. The first-order valence-electron chi connectivity index (χ1n) is 7.29. The Morgan fingerprint density at radius 3 is 2.62 bits per heavy atom. The summed E-state index contributed by atoms with van der Waals surface area (Å²) in [5.74, 6) is 2.71. The predicted molar refractivity (Wildman–Crippen MR) is 89.7 cm³/mol. The summed E-state index contributed by atoms with van der Waals surface area (Å²) >= 11 is 1.78. The molecule has 1 aliphatic heterocycles. The maximum absolute atomic E-state index is 5.33. The zero-order valence-corrected chi connectivity index (χ0v) is 12.9. The topological polar surface area (TPSA) is 19.4 Å². The molecule has 0 saturated carbocycles. The number of piperazine rings is 1. The average molecular weight is 297 g/mol. The molecular formula is C17H19N3S. The van der Waals surface area contributed by atoms with E-state index in [0.717, 1.165) is 44.3 Å². The second-order valence-electron chi connectivity index (χ2n) is 5.16. The quantitative estimate of drug-likeness (QED) is 0.809. The van der Waals surface area contributed by atoms with Gasteiger partial charge in [-0.15, -0.1) is 12.3 Å². The van der Waals surface area contributed by atoms with Crippen molar-refractivity contribution < 1.29 is 0 Å². The fourth-order valence-corrected chi connectivity index (χ4v) is 3.51. The second kappa shape index (κ2) is 6.75. The van der Waals surface area contributed by atoms with Gasteiger partial charge in [0.15, 0.2) is 5.13 Å². The Labute approximate surface area is 130 Å². The van der Waals surface area contributed by atoms with Crippen molar-refractivity contribution in [2.45, 2.75) is 6.42 Å². The summed E-state index contributed by atoms with van der Waals surface area (Å²) < 4.78 is 0. The van der Waals surface area contributed by atoms with Gasteiger partial charge in [0.25, 0.3) is 0 Å². The highest BCUT2D eigenvalue weighted by Crippen LogP contribution is 2.31. The van der Waals surface area contributed by atoms with Crippen LogP contribution in [0.1, 0.15) is 6.42 Å². The van der Waals surface area contributed by atoms with E-state index in [9.17, 15) is 0 Å². The predicted octanol–water partition coefficient (Wildman–Crippen LogP) is 2.96. The number of hydrogen-bond acceptors (Lipinski definition) is 4. The smallest absolute Gasteiger partial charge is 0.185 e. The van der Waals surface area contributed by atoms with Crippen LogP contribution in [0.2, 0.25) is 0 Å². The van der Waals surface area contributed by atoms with Crippen molar-refractivity contribution >= 4 is 16.5 Å². The molecule has 4 heteroatoms. The molecule has 0 bridgehead atoms. The fraction of sp³-hybridized carbons (Fsp3) is 0.353. The molecule has 1 saturated heterocycles. The lowest BCUT2D eigenvalue weighted by Crippen LogP contribution is -2.46. The second-order valence-corrected chi connectivity index (χ2v) is 6.17. The van der Waals surface area contributed by atoms with E-state index in [2.05, 4.69) is 45.0 Å². The van der Waals surface area contributed by atoms with Gasteiger partial charge in [-0.05, 0) is 5.56 Å². The Kier molecular flexibility index (Phi) is 4.54. The van der Waals surface area contributed by atoms with Gasteiger partial charge >= 0.3 is 0 Å². The van der Waals surface area contributed by atoms with Gasteiger partial charge in [-0.1, -0.05) is 41.7 Å². The SMILES string of the molecule is C#CCCN1CCN(c2ncc(-c3ccccc3)s2)CC1.